The number of carbonyl (C=O) groups is 2. The van der Waals surface area contributed by atoms with Crippen LogP contribution < -0.4 is 0 Å². The summed E-state index contributed by atoms with van der Waals surface area (Å²) >= 11 is 0. The van der Waals surface area contributed by atoms with E-state index in [1.54, 1.807) is 4.90 Å². The van der Waals surface area contributed by atoms with E-state index in [0.29, 0.717) is 13.1 Å². The molecule has 1 aromatic rings. The number of likely N-dealkylation sites (tertiary alicyclic amines) is 1. The van der Waals surface area contributed by atoms with E-state index in [2.05, 4.69) is 6.07 Å². The summed E-state index contributed by atoms with van der Waals surface area (Å²) in [6.45, 7) is 1.16. The Bertz CT molecular complexity index is 575. The van der Waals surface area contributed by atoms with E-state index in [0.717, 1.165) is 12.0 Å². The van der Waals surface area contributed by atoms with E-state index < -0.39 is 18.1 Å². The zero-order valence-electron chi connectivity index (χ0n) is 11.6. The first kappa shape index (κ1) is 13.9. The Labute approximate surface area is 122 Å². The minimum atomic E-state index is -1.06. The molecule has 1 aromatic carbocycles. The van der Waals surface area contributed by atoms with Gasteiger partial charge in [-0.25, -0.2) is 9.59 Å². The molecule has 6 nitrogen and oxygen atoms in total. The fraction of sp³-hybridized carbons (Fsp3) is 0.467. The van der Waals surface area contributed by atoms with E-state index in [1.807, 2.05) is 18.2 Å². The molecule has 2 amide bonds. The van der Waals surface area contributed by atoms with Crippen LogP contribution in [-0.2, 0) is 17.8 Å². The Morgan fingerprint density at radius 1 is 1.19 bits per heavy atom. The zero-order valence-corrected chi connectivity index (χ0v) is 11.6. The minimum Gasteiger partial charge on any atom is -0.480 e. The van der Waals surface area contributed by atoms with Crippen molar-refractivity contribution in [2.45, 2.75) is 31.5 Å². The third kappa shape index (κ3) is 2.58. The molecule has 6 heteroatoms. The number of rotatable bonds is 1. The van der Waals surface area contributed by atoms with E-state index in [9.17, 15) is 19.8 Å². The molecule has 0 radical (unpaired) electrons. The van der Waals surface area contributed by atoms with Gasteiger partial charge in [0.1, 0.15) is 6.04 Å². The van der Waals surface area contributed by atoms with Crippen molar-refractivity contribution in [2.24, 2.45) is 0 Å². The largest absolute Gasteiger partial charge is 0.480 e. The molecule has 2 N–H and O–H groups in total. The number of β-amino-alcohol motifs (C(OH)–C–C–N with tert-alkyl or cyclic N) is 1. The molecule has 0 aromatic heterocycles. The van der Waals surface area contributed by atoms with Gasteiger partial charge in [0.2, 0.25) is 0 Å². The number of aliphatic hydroxyl groups excluding tert-OH is 1. The first-order valence-corrected chi connectivity index (χ1v) is 7.09. The van der Waals surface area contributed by atoms with Crippen molar-refractivity contribution in [2.75, 3.05) is 13.1 Å². The Kier molecular flexibility index (Phi) is 3.55. The summed E-state index contributed by atoms with van der Waals surface area (Å²) in [6.07, 6.45) is 0.119. The van der Waals surface area contributed by atoms with E-state index >= 15 is 0 Å². The number of benzene rings is 1. The summed E-state index contributed by atoms with van der Waals surface area (Å²) in [7, 11) is 0. The van der Waals surface area contributed by atoms with Crippen LogP contribution >= 0.6 is 0 Å². The van der Waals surface area contributed by atoms with E-state index in [1.165, 1.54) is 10.5 Å². The van der Waals surface area contributed by atoms with Crippen molar-refractivity contribution >= 4 is 12.0 Å². The van der Waals surface area contributed by atoms with Gasteiger partial charge in [0.25, 0.3) is 0 Å². The van der Waals surface area contributed by atoms with Crippen molar-refractivity contribution in [3.63, 3.8) is 0 Å². The summed E-state index contributed by atoms with van der Waals surface area (Å²) in [5.41, 5.74) is 2.33. The Morgan fingerprint density at radius 2 is 1.90 bits per heavy atom. The van der Waals surface area contributed by atoms with Gasteiger partial charge < -0.3 is 20.0 Å². The molecule has 2 atom stereocenters. The topological polar surface area (TPSA) is 81.1 Å². The van der Waals surface area contributed by atoms with Crippen LogP contribution in [0.2, 0.25) is 0 Å². The van der Waals surface area contributed by atoms with Gasteiger partial charge in [0, 0.05) is 26.1 Å². The van der Waals surface area contributed by atoms with E-state index in [-0.39, 0.29) is 19.0 Å². The summed E-state index contributed by atoms with van der Waals surface area (Å²) in [5, 5.41) is 18.8. The van der Waals surface area contributed by atoms with Gasteiger partial charge in [0.05, 0.1) is 6.10 Å². The van der Waals surface area contributed by atoms with Crippen LogP contribution in [0.5, 0.6) is 0 Å². The number of carbonyl (C=O) groups excluding carboxylic acids is 1. The molecule has 0 spiro atoms. The standard InChI is InChI=1S/C15H18N2O4/c18-12-7-13(14(19)20)17(9-12)15(21)16-6-5-10-3-1-2-4-11(10)8-16/h1-4,12-13,18H,5-9H2,(H,19,20). The monoisotopic (exact) mass is 290 g/mol. The number of fused-ring (bicyclic) bond motifs is 1. The number of aliphatic hydroxyl groups is 1. The van der Waals surface area contributed by atoms with Crippen LogP contribution in [-0.4, -0.2) is 57.2 Å². The molecule has 21 heavy (non-hydrogen) atoms. The predicted molar refractivity (Wildman–Crippen MR) is 74.7 cm³/mol. The molecular weight excluding hydrogens is 272 g/mol. The molecule has 112 valence electrons. The highest BCUT2D eigenvalue weighted by atomic mass is 16.4. The third-order valence-corrected chi connectivity index (χ3v) is 4.21. The number of hydrogen-bond donors (Lipinski definition) is 2. The van der Waals surface area contributed by atoms with Crippen molar-refractivity contribution in [3.05, 3.63) is 35.4 Å². The Hall–Kier alpha value is -2.08. The number of carboxylic acid groups (broad SMARTS) is 1. The molecule has 2 unspecified atom stereocenters. The summed E-state index contributed by atoms with van der Waals surface area (Å²) in [6, 6.07) is 6.73. The average molecular weight is 290 g/mol. The smallest absolute Gasteiger partial charge is 0.326 e. The lowest BCUT2D eigenvalue weighted by molar-refractivity contribution is -0.141. The quantitative estimate of drug-likeness (QED) is 0.797. The molecule has 2 heterocycles. The first-order chi connectivity index (χ1) is 10.1. The van der Waals surface area contributed by atoms with Crippen LogP contribution in [0.1, 0.15) is 17.5 Å². The van der Waals surface area contributed by atoms with Crippen LogP contribution in [0, 0.1) is 0 Å². The van der Waals surface area contributed by atoms with Gasteiger partial charge in [-0.3, -0.25) is 0 Å². The van der Waals surface area contributed by atoms with Crippen molar-refractivity contribution < 1.29 is 19.8 Å². The highest BCUT2D eigenvalue weighted by Gasteiger charge is 2.41. The second kappa shape index (κ2) is 5.37. The van der Waals surface area contributed by atoms with Crippen LogP contribution in [0.25, 0.3) is 0 Å². The molecule has 2 aliphatic rings. The Morgan fingerprint density at radius 3 is 2.62 bits per heavy atom. The Balaban J connectivity index is 1.76. The second-order valence-corrected chi connectivity index (χ2v) is 5.62. The van der Waals surface area contributed by atoms with Gasteiger partial charge >= 0.3 is 12.0 Å². The number of amides is 2. The molecule has 3 rings (SSSR count). The van der Waals surface area contributed by atoms with Crippen LogP contribution in [0.3, 0.4) is 0 Å². The normalized spacial score (nSPS) is 24.8. The molecule has 0 aliphatic carbocycles. The fourth-order valence-corrected chi connectivity index (χ4v) is 3.10. The molecule has 1 saturated heterocycles. The minimum absolute atomic E-state index is 0.0912. The molecule has 0 saturated carbocycles. The SMILES string of the molecule is O=C(O)C1CC(O)CN1C(=O)N1CCc2ccccc2C1. The number of aliphatic carboxylic acids is 1. The molecule has 2 aliphatic heterocycles. The van der Waals surface area contributed by atoms with Gasteiger partial charge in [-0.2, -0.15) is 0 Å². The maximum absolute atomic E-state index is 12.5. The van der Waals surface area contributed by atoms with Crippen LogP contribution in [0.15, 0.2) is 24.3 Å². The fourth-order valence-electron chi connectivity index (χ4n) is 3.10. The number of carboxylic acids is 1. The highest BCUT2D eigenvalue weighted by Crippen LogP contribution is 2.24. The lowest BCUT2D eigenvalue weighted by atomic mass is 10.0. The first-order valence-electron chi connectivity index (χ1n) is 7.09. The molecule has 0 bridgehead atoms. The van der Waals surface area contributed by atoms with E-state index in [4.69, 9.17) is 0 Å². The maximum atomic E-state index is 12.5. The lowest BCUT2D eigenvalue weighted by Gasteiger charge is -2.33. The van der Waals surface area contributed by atoms with Crippen molar-refractivity contribution in [1.82, 2.24) is 9.80 Å². The second-order valence-electron chi connectivity index (χ2n) is 5.62. The third-order valence-electron chi connectivity index (χ3n) is 4.21. The number of urea groups is 1. The number of hydrogen-bond acceptors (Lipinski definition) is 3. The van der Waals surface area contributed by atoms with Gasteiger partial charge in [-0.1, -0.05) is 24.3 Å². The molecule has 1 fully saturated rings. The number of nitrogens with zero attached hydrogens (tertiary/aromatic N) is 2. The van der Waals surface area contributed by atoms with Crippen LogP contribution in [0.4, 0.5) is 4.79 Å². The molecular formula is C15H18N2O4. The lowest BCUT2D eigenvalue weighted by Crippen LogP contribution is -2.49. The van der Waals surface area contributed by atoms with Gasteiger partial charge in [0.15, 0.2) is 0 Å². The predicted octanol–water partition coefficient (Wildman–Crippen LogP) is 0.684. The average Bonchev–Trinajstić information content (AvgIpc) is 2.88. The summed E-state index contributed by atoms with van der Waals surface area (Å²) in [5.74, 6) is -1.06. The van der Waals surface area contributed by atoms with Gasteiger partial charge in [-0.05, 0) is 17.5 Å². The van der Waals surface area contributed by atoms with Crippen molar-refractivity contribution in [1.29, 1.82) is 0 Å². The zero-order chi connectivity index (χ0) is 15.0. The highest BCUT2D eigenvalue weighted by molar-refractivity contribution is 5.83. The maximum Gasteiger partial charge on any atom is 0.326 e. The summed E-state index contributed by atoms with van der Waals surface area (Å²) < 4.78 is 0. The summed E-state index contributed by atoms with van der Waals surface area (Å²) in [4.78, 5) is 26.7. The van der Waals surface area contributed by atoms with Gasteiger partial charge in [-0.15, -0.1) is 0 Å². The van der Waals surface area contributed by atoms with Crippen molar-refractivity contribution in [3.8, 4) is 0 Å².